The van der Waals surface area contributed by atoms with Crippen LogP contribution in [0.25, 0.3) is 0 Å². The molecule has 0 aromatic heterocycles. The van der Waals surface area contributed by atoms with Crippen molar-refractivity contribution in [3.63, 3.8) is 0 Å². The smallest absolute Gasteiger partial charge is 0.191 e. The summed E-state index contributed by atoms with van der Waals surface area (Å²) in [5, 5.41) is 6.57. The monoisotopic (exact) mass is 499 g/mol. The van der Waals surface area contributed by atoms with Crippen LogP contribution in [0.1, 0.15) is 12.0 Å². The number of guanidine groups is 1. The average molecular weight is 499 g/mol. The lowest BCUT2D eigenvalue weighted by Crippen LogP contribution is -2.39. The molecular weight excluding hydrogens is 469 g/mol. The minimum Gasteiger partial charge on any atom is -0.493 e. The summed E-state index contributed by atoms with van der Waals surface area (Å²) in [4.78, 5) is 4.23. The first kappa shape index (κ1) is 23.9. The third kappa shape index (κ3) is 8.24. The maximum absolute atomic E-state index is 5.66. The number of aliphatic imine (C=N–C) groups is 1. The maximum atomic E-state index is 5.66. The van der Waals surface area contributed by atoms with Crippen LogP contribution in [0.3, 0.4) is 0 Å². The minimum absolute atomic E-state index is 0. The van der Waals surface area contributed by atoms with Gasteiger partial charge in [0.05, 0.1) is 20.8 Å². The minimum atomic E-state index is 0. The van der Waals surface area contributed by atoms with Crippen molar-refractivity contribution in [3.05, 3.63) is 54.1 Å². The summed E-state index contributed by atoms with van der Waals surface area (Å²) < 4.78 is 16.3. The largest absolute Gasteiger partial charge is 0.493 e. The highest BCUT2D eigenvalue weighted by atomic mass is 127. The molecule has 2 aromatic carbocycles. The molecular formula is C21H30IN3O3. The number of rotatable bonds is 10. The van der Waals surface area contributed by atoms with Crippen LogP contribution in [-0.4, -0.2) is 46.9 Å². The molecule has 0 aliphatic rings. The number of benzene rings is 2. The molecule has 0 fully saturated rings. The van der Waals surface area contributed by atoms with Crippen molar-refractivity contribution in [2.24, 2.45) is 4.99 Å². The van der Waals surface area contributed by atoms with Crippen LogP contribution in [0.5, 0.6) is 17.2 Å². The fourth-order valence-electron chi connectivity index (χ4n) is 2.61. The predicted octanol–water partition coefficient (Wildman–Crippen LogP) is 3.50. The number of ether oxygens (including phenoxy) is 3. The molecule has 0 saturated carbocycles. The standard InChI is InChI=1S/C21H29N3O3.HI/c1-22-21(24-14-15-27-18-9-5-4-6-10-18)23-13-7-8-17-11-12-19(25-2)20(16-17)26-3;/h4-6,9-12,16H,7-8,13-15H2,1-3H3,(H2,22,23,24);1H. The Morgan fingerprint density at radius 1 is 0.929 bits per heavy atom. The molecule has 154 valence electrons. The molecule has 28 heavy (non-hydrogen) atoms. The molecule has 2 aromatic rings. The fraction of sp³-hybridized carbons (Fsp3) is 0.381. The number of aryl methyl sites for hydroxylation is 1. The fourth-order valence-corrected chi connectivity index (χ4v) is 2.61. The Morgan fingerprint density at radius 2 is 1.64 bits per heavy atom. The molecule has 0 aliphatic heterocycles. The summed E-state index contributed by atoms with van der Waals surface area (Å²) in [6.07, 6.45) is 1.93. The highest BCUT2D eigenvalue weighted by molar-refractivity contribution is 14.0. The van der Waals surface area contributed by atoms with Crippen LogP contribution in [0.15, 0.2) is 53.5 Å². The van der Waals surface area contributed by atoms with Crippen molar-refractivity contribution in [1.82, 2.24) is 10.6 Å². The predicted molar refractivity (Wildman–Crippen MR) is 125 cm³/mol. The average Bonchev–Trinajstić information content (AvgIpc) is 2.73. The van der Waals surface area contributed by atoms with Gasteiger partial charge >= 0.3 is 0 Å². The molecule has 0 radical (unpaired) electrons. The lowest BCUT2D eigenvalue weighted by atomic mass is 10.1. The van der Waals surface area contributed by atoms with Gasteiger partial charge in [-0.15, -0.1) is 24.0 Å². The first-order valence-electron chi connectivity index (χ1n) is 9.10. The van der Waals surface area contributed by atoms with Crippen molar-refractivity contribution in [1.29, 1.82) is 0 Å². The van der Waals surface area contributed by atoms with Gasteiger partial charge in [0.15, 0.2) is 17.5 Å². The van der Waals surface area contributed by atoms with Gasteiger partial charge in [-0.3, -0.25) is 4.99 Å². The van der Waals surface area contributed by atoms with Gasteiger partial charge in [0.2, 0.25) is 0 Å². The molecule has 0 saturated heterocycles. The van der Waals surface area contributed by atoms with E-state index in [-0.39, 0.29) is 24.0 Å². The Hall–Kier alpha value is -2.16. The van der Waals surface area contributed by atoms with Gasteiger partial charge in [-0.25, -0.2) is 0 Å². The first-order chi connectivity index (χ1) is 13.3. The van der Waals surface area contributed by atoms with E-state index in [4.69, 9.17) is 14.2 Å². The topological polar surface area (TPSA) is 64.1 Å². The second-order valence-electron chi connectivity index (χ2n) is 5.88. The van der Waals surface area contributed by atoms with Gasteiger partial charge in [0.1, 0.15) is 12.4 Å². The Labute approximate surface area is 184 Å². The molecule has 2 N–H and O–H groups in total. The van der Waals surface area contributed by atoms with Crippen molar-refractivity contribution in [3.8, 4) is 17.2 Å². The number of nitrogens with one attached hydrogen (secondary N) is 2. The van der Waals surface area contributed by atoms with Crippen LogP contribution in [0.4, 0.5) is 0 Å². The number of hydrogen-bond donors (Lipinski definition) is 2. The summed E-state index contributed by atoms with van der Waals surface area (Å²) in [5.41, 5.74) is 1.22. The summed E-state index contributed by atoms with van der Waals surface area (Å²) in [6, 6.07) is 15.8. The third-order valence-corrected chi connectivity index (χ3v) is 4.01. The molecule has 0 aliphatic carbocycles. The lowest BCUT2D eigenvalue weighted by molar-refractivity contribution is 0.322. The Morgan fingerprint density at radius 3 is 2.32 bits per heavy atom. The highest BCUT2D eigenvalue weighted by Crippen LogP contribution is 2.27. The highest BCUT2D eigenvalue weighted by Gasteiger charge is 2.04. The van der Waals surface area contributed by atoms with Gasteiger partial charge in [-0.2, -0.15) is 0 Å². The number of halogens is 1. The second kappa shape index (κ2) is 13.9. The van der Waals surface area contributed by atoms with E-state index >= 15 is 0 Å². The van der Waals surface area contributed by atoms with Gasteiger partial charge in [-0.1, -0.05) is 24.3 Å². The Bertz CT molecular complexity index is 711. The van der Waals surface area contributed by atoms with E-state index < -0.39 is 0 Å². The van der Waals surface area contributed by atoms with Crippen LogP contribution in [0.2, 0.25) is 0 Å². The molecule has 0 atom stereocenters. The van der Waals surface area contributed by atoms with Gasteiger partial charge in [0, 0.05) is 13.6 Å². The number of methoxy groups -OCH3 is 2. The van der Waals surface area contributed by atoms with E-state index in [9.17, 15) is 0 Å². The Balaban J connectivity index is 0.00000392. The number of hydrogen-bond acceptors (Lipinski definition) is 4. The molecule has 6 nitrogen and oxygen atoms in total. The SMILES string of the molecule is CN=C(NCCCc1ccc(OC)c(OC)c1)NCCOc1ccccc1.I. The van der Waals surface area contributed by atoms with E-state index in [1.165, 1.54) is 5.56 Å². The first-order valence-corrected chi connectivity index (χ1v) is 9.10. The molecule has 2 rings (SSSR count). The number of para-hydroxylation sites is 1. The summed E-state index contributed by atoms with van der Waals surface area (Å²) in [7, 11) is 5.06. The van der Waals surface area contributed by atoms with Gasteiger partial charge in [-0.05, 0) is 42.7 Å². The van der Waals surface area contributed by atoms with Crippen LogP contribution in [-0.2, 0) is 6.42 Å². The molecule has 0 heterocycles. The van der Waals surface area contributed by atoms with Gasteiger partial charge in [0.25, 0.3) is 0 Å². The zero-order chi connectivity index (χ0) is 19.3. The maximum Gasteiger partial charge on any atom is 0.191 e. The van der Waals surface area contributed by atoms with Crippen molar-refractivity contribution in [2.75, 3.05) is 41.0 Å². The van der Waals surface area contributed by atoms with Crippen molar-refractivity contribution in [2.45, 2.75) is 12.8 Å². The van der Waals surface area contributed by atoms with E-state index in [1.54, 1.807) is 21.3 Å². The quantitative estimate of drug-likeness (QED) is 0.227. The zero-order valence-electron chi connectivity index (χ0n) is 16.7. The molecule has 0 amide bonds. The summed E-state index contributed by atoms with van der Waals surface area (Å²) in [5.74, 6) is 3.16. The van der Waals surface area contributed by atoms with Crippen LogP contribution in [0, 0.1) is 0 Å². The molecule has 0 bridgehead atoms. The van der Waals surface area contributed by atoms with Crippen molar-refractivity contribution >= 4 is 29.9 Å². The summed E-state index contributed by atoms with van der Waals surface area (Å²) in [6.45, 7) is 2.09. The number of nitrogens with zero attached hydrogens (tertiary/aromatic N) is 1. The molecule has 0 unspecified atom stereocenters. The third-order valence-electron chi connectivity index (χ3n) is 4.01. The summed E-state index contributed by atoms with van der Waals surface area (Å²) >= 11 is 0. The normalized spacial score (nSPS) is 10.6. The molecule has 7 heteroatoms. The van der Waals surface area contributed by atoms with E-state index in [0.29, 0.717) is 13.2 Å². The van der Waals surface area contributed by atoms with E-state index in [2.05, 4.69) is 21.7 Å². The zero-order valence-corrected chi connectivity index (χ0v) is 19.1. The van der Waals surface area contributed by atoms with Crippen LogP contribution < -0.4 is 24.8 Å². The van der Waals surface area contributed by atoms with E-state index in [1.807, 2.05) is 42.5 Å². The van der Waals surface area contributed by atoms with Crippen molar-refractivity contribution < 1.29 is 14.2 Å². The van der Waals surface area contributed by atoms with Gasteiger partial charge < -0.3 is 24.8 Å². The Kier molecular flexibility index (Phi) is 11.9. The van der Waals surface area contributed by atoms with Crippen LogP contribution >= 0.6 is 24.0 Å². The van der Waals surface area contributed by atoms with E-state index in [0.717, 1.165) is 42.6 Å². The molecule has 0 spiro atoms. The lowest BCUT2D eigenvalue weighted by Gasteiger charge is -2.13. The second-order valence-corrected chi connectivity index (χ2v) is 5.88.